The van der Waals surface area contributed by atoms with Crippen LogP contribution >= 0.6 is 15.9 Å². The van der Waals surface area contributed by atoms with Gasteiger partial charge < -0.3 is 9.15 Å². The van der Waals surface area contributed by atoms with Crippen molar-refractivity contribution in [2.24, 2.45) is 0 Å². The molecule has 0 atom stereocenters. The summed E-state index contributed by atoms with van der Waals surface area (Å²) < 4.78 is 11.1. The lowest BCUT2D eigenvalue weighted by atomic mass is 10.1. The number of carbonyl (C=O) groups excluding carboxylic acids is 1. The van der Waals surface area contributed by atoms with E-state index in [1.54, 1.807) is 19.2 Å². The smallest absolute Gasteiger partial charge is 0.170 e. The molecule has 2 rings (SSSR count). The molecule has 0 saturated heterocycles. The van der Waals surface area contributed by atoms with Crippen molar-refractivity contribution in [2.75, 3.05) is 7.11 Å². The van der Waals surface area contributed by atoms with E-state index in [1.165, 1.54) is 0 Å². The van der Waals surface area contributed by atoms with Gasteiger partial charge in [-0.25, -0.2) is 0 Å². The Hall–Kier alpha value is -1.29. The third kappa shape index (κ3) is 1.42. The van der Waals surface area contributed by atoms with Gasteiger partial charge in [0.05, 0.1) is 12.5 Å². The lowest BCUT2D eigenvalue weighted by Gasteiger charge is -2.00. The number of rotatable bonds is 2. The maximum absolute atomic E-state index is 10.6. The van der Waals surface area contributed by atoms with Crippen LogP contribution in [0.1, 0.15) is 10.4 Å². The molecule has 0 N–H and O–H groups in total. The van der Waals surface area contributed by atoms with Gasteiger partial charge in [-0.2, -0.15) is 0 Å². The monoisotopic (exact) mass is 254 g/mol. The SMILES string of the molecule is COc1cc(C=O)cc2oc(Br)cc12. The first-order chi connectivity index (χ1) is 6.74. The van der Waals surface area contributed by atoms with Crippen LogP contribution in [0, 0.1) is 0 Å². The fourth-order valence-corrected chi connectivity index (χ4v) is 1.74. The molecule has 2 aromatic rings. The van der Waals surface area contributed by atoms with Crippen LogP contribution in [0.2, 0.25) is 0 Å². The molecule has 0 spiro atoms. The average Bonchev–Trinajstić information content (AvgIpc) is 2.56. The van der Waals surface area contributed by atoms with Crippen molar-refractivity contribution < 1.29 is 13.9 Å². The molecule has 0 aliphatic heterocycles. The molecule has 4 heteroatoms. The third-order valence-electron chi connectivity index (χ3n) is 1.95. The van der Waals surface area contributed by atoms with Gasteiger partial charge in [-0.3, -0.25) is 4.79 Å². The van der Waals surface area contributed by atoms with Crippen LogP contribution in [0.5, 0.6) is 5.75 Å². The standard InChI is InChI=1S/C10H7BrO3/c1-13-8-2-6(5-12)3-9-7(8)4-10(11)14-9/h2-5H,1H3. The number of benzene rings is 1. The van der Waals surface area contributed by atoms with E-state index in [1.807, 2.05) is 6.07 Å². The summed E-state index contributed by atoms with van der Waals surface area (Å²) in [7, 11) is 1.56. The molecule has 0 radical (unpaired) electrons. The molecule has 1 heterocycles. The summed E-state index contributed by atoms with van der Waals surface area (Å²) in [5, 5.41) is 0.852. The van der Waals surface area contributed by atoms with Crippen molar-refractivity contribution >= 4 is 33.2 Å². The molecule has 0 aliphatic rings. The Bertz CT molecular complexity index is 487. The van der Waals surface area contributed by atoms with Gasteiger partial charge in [0.2, 0.25) is 0 Å². The van der Waals surface area contributed by atoms with Crippen molar-refractivity contribution in [2.45, 2.75) is 0 Å². The normalized spacial score (nSPS) is 10.4. The first-order valence-electron chi connectivity index (χ1n) is 3.97. The van der Waals surface area contributed by atoms with E-state index < -0.39 is 0 Å². The van der Waals surface area contributed by atoms with Gasteiger partial charge in [-0.15, -0.1) is 0 Å². The van der Waals surface area contributed by atoms with Crippen LogP contribution in [-0.4, -0.2) is 13.4 Å². The summed E-state index contributed by atoms with van der Waals surface area (Å²) in [5.41, 5.74) is 1.18. The number of hydrogen-bond acceptors (Lipinski definition) is 3. The Morgan fingerprint density at radius 3 is 2.86 bits per heavy atom. The number of halogens is 1. The lowest BCUT2D eigenvalue weighted by molar-refractivity contribution is 0.112. The second-order valence-electron chi connectivity index (χ2n) is 2.80. The molecule has 1 aromatic heterocycles. The highest BCUT2D eigenvalue weighted by Crippen LogP contribution is 2.31. The third-order valence-corrected chi connectivity index (χ3v) is 2.34. The summed E-state index contributed by atoms with van der Waals surface area (Å²) in [6, 6.07) is 5.16. The van der Waals surface area contributed by atoms with E-state index in [4.69, 9.17) is 9.15 Å². The van der Waals surface area contributed by atoms with Crippen LogP contribution in [0.4, 0.5) is 0 Å². The Morgan fingerprint density at radius 1 is 1.43 bits per heavy atom. The zero-order valence-corrected chi connectivity index (χ0v) is 9.00. The predicted octanol–water partition coefficient (Wildman–Crippen LogP) is 3.02. The molecule has 0 fully saturated rings. The Balaban J connectivity index is 2.78. The van der Waals surface area contributed by atoms with Gasteiger partial charge >= 0.3 is 0 Å². The molecule has 0 unspecified atom stereocenters. The highest BCUT2D eigenvalue weighted by atomic mass is 79.9. The minimum Gasteiger partial charge on any atom is -0.496 e. The minimum absolute atomic E-state index is 0.538. The van der Waals surface area contributed by atoms with Gasteiger partial charge in [-0.05, 0) is 28.1 Å². The number of hydrogen-bond donors (Lipinski definition) is 0. The summed E-state index contributed by atoms with van der Waals surface area (Å²) in [4.78, 5) is 10.6. The predicted molar refractivity (Wildman–Crippen MR) is 55.9 cm³/mol. The molecule has 0 aliphatic carbocycles. The number of methoxy groups -OCH3 is 1. The number of aldehydes is 1. The summed E-state index contributed by atoms with van der Waals surface area (Å²) in [5.74, 6) is 0.638. The van der Waals surface area contributed by atoms with Crippen molar-refractivity contribution in [1.29, 1.82) is 0 Å². The molecule has 0 amide bonds. The fraction of sp³-hybridized carbons (Fsp3) is 0.100. The van der Waals surface area contributed by atoms with Gasteiger partial charge in [0.15, 0.2) is 4.67 Å². The highest BCUT2D eigenvalue weighted by Gasteiger charge is 2.08. The topological polar surface area (TPSA) is 39.4 Å². The Kier molecular flexibility index (Phi) is 2.29. The summed E-state index contributed by atoms with van der Waals surface area (Å²) in [6.07, 6.45) is 0.762. The maximum atomic E-state index is 10.6. The average molecular weight is 255 g/mol. The van der Waals surface area contributed by atoms with Crippen molar-refractivity contribution in [3.05, 3.63) is 28.4 Å². The van der Waals surface area contributed by atoms with Gasteiger partial charge in [0.25, 0.3) is 0 Å². The van der Waals surface area contributed by atoms with Gasteiger partial charge in [0.1, 0.15) is 17.6 Å². The zero-order chi connectivity index (χ0) is 10.1. The zero-order valence-electron chi connectivity index (χ0n) is 7.41. The molecule has 14 heavy (non-hydrogen) atoms. The van der Waals surface area contributed by atoms with Crippen molar-refractivity contribution in [1.82, 2.24) is 0 Å². The maximum Gasteiger partial charge on any atom is 0.170 e. The number of carbonyl (C=O) groups is 1. The first kappa shape index (κ1) is 9.27. The quantitative estimate of drug-likeness (QED) is 0.774. The molecule has 0 saturated carbocycles. The first-order valence-corrected chi connectivity index (χ1v) is 4.76. The van der Waals surface area contributed by atoms with Crippen LogP contribution in [0.15, 0.2) is 27.3 Å². The Labute approximate surface area is 88.8 Å². The molecule has 72 valence electrons. The molecule has 1 aromatic carbocycles. The number of furan rings is 1. The van der Waals surface area contributed by atoms with E-state index >= 15 is 0 Å². The van der Waals surface area contributed by atoms with Crippen LogP contribution in [0.3, 0.4) is 0 Å². The van der Waals surface area contributed by atoms with E-state index in [0.717, 1.165) is 11.7 Å². The van der Waals surface area contributed by atoms with E-state index in [-0.39, 0.29) is 0 Å². The summed E-state index contributed by atoms with van der Waals surface area (Å²) in [6.45, 7) is 0. The van der Waals surface area contributed by atoms with Crippen molar-refractivity contribution in [3.8, 4) is 5.75 Å². The van der Waals surface area contributed by atoms with Gasteiger partial charge in [0, 0.05) is 11.6 Å². The lowest BCUT2D eigenvalue weighted by Crippen LogP contribution is -1.86. The minimum atomic E-state index is 0.538. The van der Waals surface area contributed by atoms with Gasteiger partial charge in [-0.1, -0.05) is 0 Å². The molecule has 3 nitrogen and oxygen atoms in total. The van der Waals surface area contributed by atoms with Crippen LogP contribution in [-0.2, 0) is 0 Å². The largest absolute Gasteiger partial charge is 0.496 e. The molecule has 0 bridgehead atoms. The highest BCUT2D eigenvalue weighted by molar-refractivity contribution is 9.10. The Morgan fingerprint density at radius 2 is 2.21 bits per heavy atom. The number of ether oxygens (including phenoxy) is 1. The van der Waals surface area contributed by atoms with E-state index in [0.29, 0.717) is 21.6 Å². The van der Waals surface area contributed by atoms with E-state index in [9.17, 15) is 4.79 Å². The molecular weight excluding hydrogens is 248 g/mol. The molecular formula is C10H7BrO3. The number of fused-ring (bicyclic) bond motifs is 1. The second kappa shape index (κ2) is 3.46. The summed E-state index contributed by atoms with van der Waals surface area (Å²) >= 11 is 3.22. The van der Waals surface area contributed by atoms with Crippen molar-refractivity contribution in [3.63, 3.8) is 0 Å². The van der Waals surface area contributed by atoms with Crippen LogP contribution in [0.25, 0.3) is 11.0 Å². The van der Waals surface area contributed by atoms with Crippen LogP contribution < -0.4 is 4.74 Å². The second-order valence-corrected chi connectivity index (χ2v) is 3.58. The van der Waals surface area contributed by atoms with E-state index in [2.05, 4.69) is 15.9 Å². The fourth-order valence-electron chi connectivity index (χ4n) is 1.33.